The van der Waals surface area contributed by atoms with Gasteiger partial charge in [-0.25, -0.2) is 4.98 Å². The molecule has 3 heteroatoms. The third-order valence-corrected chi connectivity index (χ3v) is 2.63. The van der Waals surface area contributed by atoms with E-state index in [0.29, 0.717) is 17.8 Å². The Morgan fingerprint density at radius 2 is 2.00 bits per heavy atom. The zero-order valence-corrected chi connectivity index (χ0v) is 10.8. The highest BCUT2D eigenvalue weighted by Crippen LogP contribution is 2.14. The van der Waals surface area contributed by atoms with Crippen molar-refractivity contribution in [2.45, 2.75) is 40.3 Å². The quantitative estimate of drug-likeness (QED) is 0.830. The molecule has 0 bridgehead atoms. The number of hydrogen-bond acceptors (Lipinski definition) is 3. The zero-order chi connectivity index (χ0) is 12.1. The molecule has 0 aliphatic carbocycles. The van der Waals surface area contributed by atoms with Crippen LogP contribution < -0.4 is 5.73 Å². The van der Waals surface area contributed by atoms with Crippen LogP contribution in [0.3, 0.4) is 0 Å². The molecule has 0 amide bonds. The summed E-state index contributed by atoms with van der Waals surface area (Å²) in [7, 11) is 0. The summed E-state index contributed by atoms with van der Waals surface area (Å²) in [5.41, 5.74) is 6.98. The molecule has 16 heavy (non-hydrogen) atoms. The van der Waals surface area contributed by atoms with E-state index in [-0.39, 0.29) is 0 Å². The van der Waals surface area contributed by atoms with Crippen molar-refractivity contribution in [1.82, 2.24) is 9.88 Å². The fraction of sp³-hybridized carbons (Fsp3) is 0.615. The molecule has 0 spiro atoms. The van der Waals surface area contributed by atoms with E-state index in [2.05, 4.69) is 43.6 Å². The lowest BCUT2D eigenvalue weighted by Gasteiger charge is -2.28. The molecule has 1 rings (SSSR count). The summed E-state index contributed by atoms with van der Waals surface area (Å²) in [4.78, 5) is 6.55. The molecule has 0 unspecified atom stereocenters. The van der Waals surface area contributed by atoms with Crippen LogP contribution in [0.25, 0.3) is 0 Å². The molecule has 2 N–H and O–H groups in total. The first kappa shape index (κ1) is 13.0. The third kappa shape index (κ3) is 3.81. The average molecular weight is 221 g/mol. The number of rotatable bonds is 5. The molecule has 0 saturated heterocycles. The van der Waals surface area contributed by atoms with E-state index < -0.39 is 0 Å². The van der Waals surface area contributed by atoms with Gasteiger partial charge in [0, 0.05) is 30.9 Å². The zero-order valence-electron chi connectivity index (χ0n) is 10.8. The van der Waals surface area contributed by atoms with Crippen LogP contribution in [0.5, 0.6) is 0 Å². The van der Waals surface area contributed by atoms with Crippen molar-refractivity contribution in [2.75, 3.05) is 12.3 Å². The third-order valence-electron chi connectivity index (χ3n) is 2.63. The summed E-state index contributed by atoms with van der Waals surface area (Å²) in [6, 6.07) is 4.53. The minimum atomic E-state index is 0.530. The molecular weight excluding hydrogens is 198 g/mol. The Balaban J connectivity index is 2.72. The van der Waals surface area contributed by atoms with E-state index >= 15 is 0 Å². The molecule has 0 atom stereocenters. The fourth-order valence-electron chi connectivity index (χ4n) is 1.73. The Hall–Kier alpha value is -1.09. The van der Waals surface area contributed by atoms with Crippen LogP contribution >= 0.6 is 0 Å². The van der Waals surface area contributed by atoms with E-state index in [1.807, 2.05) is 6.07 Å². The lowest BCUT2D eigenvalue weighted by Crippen LogP contribution is -2.33. The van der Waals surface area contributed by atoms with Crippen molar-refractivity contribution in [3.8, 4) is 0 Å². The first-order valence-corrected chi connectivity index (χ1v) is 5.94. The minimum absolute atomic E-state index is 0.530. The van der Waals surface area contributed by atoms with Crippen LogP contribution in [0.2, 0.25) is 0 Å². The number of nitrogen functional groups attached to an aromatic ring is 1. The molecule has 0 radical (unpaired) electrons. The minimum Gasteiger partial charge on any atom is -0.383 e. The molecule has 1 heterocycles. The van der Waals surface area contributed by atoms with Crippen LogP contribution in [0.1, 0.15) is 33.3 Å². The molecule has 0 saturated carbocycles. The molecular formula is C13H23N3. The molecule has 1 aromatic heterocycles. The number of pyridine rings is 1. The van der Waals surface area contributed by atoms with E-state index in [9.17, 15) is 0 Å². The van der Waals surface area contributed by atoms with Crippen LogP contribution in [0, 0.1) is 5.92 Å². The Morgan fingerprint density at radius 1 is 1.31 bits per heavy atom. The van der Waals surface area contributed by atoms with E-state index in [0.717, 1.165) is 18.7 Å². The largest absolute Gasteiger partial charge is 0.383 e. The van der Waals surface area contributed by atoms with Gasteiger partial charge in [-0.3, -0.25) is 4.90 Å². The van der Waals surface area contributed by atoms with E-state index in [1.54, 1.807) is 6.20 Å². The van der Waals surface area contributed by atoms with Crippen molar-refractivity contribution >= 4 is 5.82 Å². The lowest BCUT2D eigenvalue weighted by molar-refractivity contribution is 0.189. The maximum Gasteiger partial charge on any atom is 0.127 e. The second-order valence-corrected chi connectivity index (χ2v) is 4.96. The van der Waals surface area contributed by atoms with Crippen molar-refractivity contribution in [2.24, 2.45) is 5.92 Å². The maximum absolute atomic E-state index is 5.86. The summed E-state index contributed by atoms with van der Waals surface area (Å²) in [6.07, 6.45) is 1.74. The molecule has 0 fully saturated rings. The summed E-state index contributed by atoms with van der Waals surface area (Å²) in [5, 5.41) is 0. The highest BCUT2D eigenvalue weighted by atomic mass is 15.1. The lowest BCUT2D eigenvalue weighted by atomic mass is 10.1. The van der Waals surface area contributed by atoms with Gasteiger partial charge in [0.2, 0.25) is 0 Å². The topological polar surface area (TPSA) is 42.2 Å². The number of hydrogen-bond donors (Lipinski definition) is 1. The van der Waals surface area contributed by atoms with Gasteiger partial charge in [-0.15, -0.1) is 0 Å². The summed E-state index contributed by atoms with van der Waals surface area (Å²) >= 11 is 0. The van der Waals surface area contributed by atoms with Gasteiger partial charge < -0.3 is 5.73 Å². The van der Waals surface area contributed by atoms with Crippen LogP contribution in [-0.4, -0.2) is 22.5 Å². The van der Waals surface area contributed by atoms with E-state index in [4.69, 9.17) is 5.73 Å². The Morgan fingerprint density at radius 3 is 2.50 bits per heavy atom. The summed E-state index contributed by atoms with van der Waals surface area (Å²) < 4.78 is 0. The monoisotopic (exact) mass is 221 g/mol. The van der Waals surface area contributed by atoms with Crippen LogP contribution in [0.4, 0.5) is 5.82 Å². The first-order chi connectivity index (χ1) is 7.50. The highest BCUT2D eigenvalue weighted by Gasteiger charge is 2.13. The van der Waals surface area contributed by atoms with Gasteiger partial charge in [-0.2, -0.15) is 0 Å². The molecule has 0 aliphatic rings. The van der Waals surface area contributed by atoms with Crippen molar-refractivity contribution in [1.29, 1.82) is 0 Å². The second-order valence-electron chi connectivity index (χ2n) is 4.96. The predicted octanol–water partition coefficient (Wildman–Crippen LogP) is 2.53. The Labute approximate surface area is 98.7 Å². The first-order valence-electron chi connectivity index (χ1n) is 5.94. The van der Waals surface area contributed by atoms with Gasteiger partial charge in [0.15, 0.2) is 0 Å². The van der Waals surface area contributed by atoms with Gasteiger partial charge in [0.05, 0.1) is 0 Å². The number of nitrogens with zero attached hydrogens (tertiary/aromatic N) is 2. The maximum atomic E-state index is 5.86. The van der Waals surface area contributed by atoms with Gasteiger partial charge >= 0.3 is 0 Å². The van der Waals surface area contributed by atoms with Crippen molar-refractivity contribution in [3.63, 3.8) is 0 Å². The standard InChI is InChI=1S/C13H23N3/c1-10(2)8-16(11(3)4)9-12-6-5-7-15-13(12)14/h5-7,10-11H,8-9H2,1-4H3,(H2,14,15). The van der Waals surface area contributed by atoms with Gasteiger partial charge in [-0.05, 0) is 25.8 Å². The molecule has 0 aromatic carbocycles. The van der Waals surface area contributed by atoms with Gasteiger partial charge in [-0.1, -0.05) is 19.9 Å². The Bertz CT molecular complexity index is 321. The molecule has 1 aromatic rings. The normalized spacial score (nSPS) is 11.7. The van der Waals surface area contributed by atoms with Crippen LogP contribution in [0.15, 0.2) is 18.3 Å². The average Bonchev–Trinajstić information content (AvgIpc) is 2.19. The number of aromatic nitrogens is 1. The van der Waals surface area contributed by atoms with Gasteiger partial charge in [0.1, 0.15) is 5.82 Å². The summed E-state index contributed by atoms with van der Waals surface area (Å²) in [5.74, 6) is 1.32. The van der Waals surface area contributed by atoms with Crippen LogP contribution in [-0.2, 0) is 6.54 Å². The highest BCUT2D eigenvalue weighted by molar-refractivity contribution is 5.38. The fourth-order valence-corrected chi connectivity index (χ4v) is 1.73. The smallest absolute Gasteiger partial charge is 0.127 e. The molecule has 90 valence electrons. The van der Waals surface area contributed by atoms with E-state index in [1.165, 1.54) is 0 Å². The second kappa shape index (κ2) is 5.85. The molecule has 0 aliphatic heterocycles. The van der Waals surface area contributed by atoms with Crippen molar-refractivity contribution in [3.05, 3.63) is 23.9 Å². The van der Waals surface area contributed by atoms with Crippen molar-refractivity contribution < 1.29 is 0 Å². The number of anilines is 1. The molecule has 3 nitrogen and oxygen atoms in total. The summed E-state index contributed by atoms with van der Waals surface area (Å²) in [6.45, 7) is 10.9. The van der Waals surface area contributed by atoms with Gasteiger partial charge in [0.25, 0.3) is 0 Å². The number of nitrogens with two attached hydrogens (primary N) is 1. The predicted molar refractivity (Wildman–Crippen MR) is 69.0 cm³/mol. The Kier molecular flexibility index (Phi) is 4.74. The SMILES string of the molecule is CC(C)CN(Cc1cccnc1N)C(C)C.